The molecule has 0 amide bonds. The highest BCUT2D eigenvalue weighted by atomic mass is 16.6. The first kappa shape index (κ1) is 42.2. The predicted octanol–water partition coefficient (Wildman–Crippen LogP) is 5.99. The standard InChI is InChI=1S/C36H54N4O10/c1-5-7-9-23-37-31(21-11-25(3)27-13-17-29(18-14-27)39(45)46)49-35(43)33(41)34(42)36(44)50-32(38-24-10-8-6-2)22-12-26(4)28-15-19-30(20-16-28)40(47)48/h13-20,25-26,31-34,37-38,41-42H,5-12,21-24H2,1-4H3. The van der Waals surface area contributed by atoms with E-state index in [-0.39, 0.29) is 23.2 Å². The van der Waals surface area contributed by atoms with Crippen LogP contribution in [0, 0.1) is 20.2 Å². The van der Waals surface area contributed by atoms with Crippen molar-refractivity contribution in [2.45, 2.75) is 128 Å². The fourth-order valence-corrected chi connectivity index (χ4v) is 5.34. The van der Waals surface area contributed by atoms with E-state index in [0.717, 1.165) is 49.7 Å². The fourth-order valence-electron chi connectivity index (χ4n) is 5.34. The first-order valence-electron chi connectivity index (χ1n) is 17.6. The van der Waals surface area contributed by atoms with Crippen LogP contribution in [-0.2, 0) is 19.1 Å². The van der Waals surface area contributed by atoms with Gasteiger partial charge in [0, 0.05) is 24.3 Å². The minimum Gasteiger partial charge on any atom is -0.445 e. The molecule has 0 aliphatic heterocycles. The van der Waals surface area contributed by atoms with Gasteiger partial charge in [-0.05, 0) is 74.6 Å². The van der Waals surface area contributed by atoms with Crippen molar-refractivity contribution >= 4 is 23.3 Å². The van der Waals surface area contributed by atoms with Gasteiger partial charge in [-0.3, -0.25) is 30.9 Å². The van der Waals surface area contributed by atoms with Gasteiger partial charge in [-0.1, -0.05) is 77.6 Å². The molecule has 0 aliphatic rings. The lowest BCUT2D eigenvalue weighted by molar-refractivity contribution is -0.385. The number of carbonyl (C=O) groups excluding carboxylic acids is 2. The third-order valence-electron chi connectivity index (χ3n) is 8.67. The first-order valence-corrected chi connectivity index (χ1v) is 17.6. The van der Waals surface area contributed by atoms with Gasteiger partial charge in [0.05, 0.1) is 9.85 Å². The SMILES string of the molecule is CCCCCNC(CCC(C)c1ccc([N+](=O)[O-])cc1)OC(=O)C(O)C(O)C(=O)OC(CCC(C)c1ccc([N+](=O)[O-])cc1)NCCCCC. The second-order valence-corrected chi connectivity index (χ2v) is 12.7. The van der Waals surface area contributed by atoms with Crippen LogP contribution in [0.4, 0.5) is 11.4 Å². The number of nitrogens with one attached hydrogen (secondary N) is 2. The average Bonchev–Trinajstić information content (AvgIpc) is 3.11. The van der Waals surface area contributed by atoms with Crippen molar-refractivity contribution in [1.29, 1.82) is 0 Å². The zero-order valence-electron chi connectivity index (χ0n) is 29.6. The number of benzene rings is 2. The van der Waals surface area contributed by atoms with Crippen LogP contribution in [0.1, 0.15) is 115 Å². The predicted molar refractivity (Wildman–Crippen MR) is 188 cm³/mol. The third-order valence-corrected chi connectivity index (χ3v) is 8.67. The molecule has 278 valence electrons. The number of hydrogen-bond acceptors (Lipinski definition) is 12. The summed E-state index contributed by atoms with van der Waals surface area (Å²) in [5.74, 6) is -2.40. The smallest absolute Gasteiger partial charge is 0.339 e. The summed E-state index contributed by atoms with van der Waals surface area (Å²) in [7, 11) is 0. The van der Waals surface area contributed by atoms with Crippen molar-refractivity contribution in [3.8, 4) is 0 Å². The van der Waals surface area contributed by atoms with Crippen molar-refractivity contribution in [3.05, 3.63) is 79.9 Å². The van der Waals surface area contributed by atoms with Crippen LogP contribution in [-0.4, -0.2) is 69.8 Å². The number of hydrogen-bond donors (Lipinski definition) is 4. The maximum absolute atomic E-state index is 13.0. The van der Waals surface area contributed by atoms with E-state index in [0.29, 0.717) is 38.8 Å². The molecular weight excluding hydrogens is 648 g/mol. The Morgan fingerprint density at radius 3 is 1.28 bits per heavy atom. The van der Waals surface area contributed by atoms with Gasteiger partial charge < -0.3 is 19.7 Å². The molecule has 6 atom stereocenters. The molecule has 0 saturated heterocycles. The maximum Gasteiger partial charge on any atom is 0.339 e. The van der Waals surface area contributed by atoms with Crippen molar-refractivity contribution in [2.75, 3.05) is 13.1 Å². The lowest BCUT2D eigenvalue weighted by atomic mass is 9.95. The van der Waals surface area contributed by atoms with Gasteiger partial charge >= 0.3 is 11.9 Å². The number of esters is 2. The van der Waals surface area contributed by atoms with Crippen LogP contribution in [0.25, 0.3) is 0 Å². The van der Waals surface area contributed by atoms with Gasteiger partial charge in [-0.25, -0.2) is 9.59 Å². The number of unbranched alkanes of at least 4 members (excludes halogenated alkanes) is 4. The van der Waals surface area contributed by atoms with Crippen LogP contribution in [0.2, 0.25) is 0 Å². The van der Waals surface area contributed by atoms with Gasteiger partial charge in [0.2, 0.25) is 0 Å². The van der Waals surface area contributed by atoms with Crippen LogP contribution < -0.4 is 10.6 Å². The van der Waals surface area contributed by atoms with E-state index < -0.39 is 46.4 Å². The summed E-state index contributed by atoms with van der Waals surface area (Å²) in [6, 6.07) is 12.5. The number of nitro benzene ring substituents is 2. The van der Waals surface area contributed by atoms with E-state index in [1.54, 1.807) is 24.3 Å². The lowest BCUT2D eigenvalue weighted by Crippen LogP contribution is -2.47. The lowest BCUT2D eigenvalue weighted by Gasteiger charge is -2.25. The Labute approximate surface area is 294 Å². The number of aliphatic hydroxyl groups is 2. The quantitative estimate of drug-likeness (QED) is 0.0310. The van der Waals surface area contributed by atoms with Gasteiger partial charge in [0.1, 0.15) is 0 Å². The first-order chi connectivity index (χ1) is 23.9. The van der Waals surface area contributed by atoms with E-state index in [1.807, 2.05) is 13.8 Å². The normalized spacial score (nSPS) is 14.9. The van der Waals surface area contributed by atoms with Crippen LogP contribution in [0.3, 0.4) is 0 Å². The number of carbonyl (C=O) groups is 2. The van der Waals surface area contributed by atoms with E-state index >= 15 is 0 Å². The molecule has 2 aromatic carbocycles. The number of non-ortho nitro benzene ring substituents is 2. The highest BCUT2D eigenvalue weighted by molar-refractivity contribution is 5.85. The van der Waals surface area contributed by atoms with Gasteiger partial charge in [0.15, 0.2) is 24.7 Å². The van der Waals surface area contributed by atoms with Crippen LogP contribution >= 0.6 is 0 Å². The van der Waals surface area contributed by atoms with E-state index in [2.05, 4.69) is 24.5 Å². The maximum atomic E-state index is 13.0. The molecule has 6 unspecified atom stereocenters. The topological polar surface area (TPSA) is 203 Å². The molecule has 0 radical (unpaired) electrons. The molecular formula is C36H54N4O10. The summed E-state index contributed by atoms with van der Waals surface area (Å²) < 4.78 is 11.1. The van der Waals surface area contributed by atoms with E-state index in [9.17, 15) is 40.0 Å². The van der Waals surface area contributed by atoms with Crippen molar-refractivity contribution in [2.24, 2.45) is 0 Å². The number of nitrogens with zero attached hydrogens (tertiary/aromatic N) is 2. The molecule has 50 heavy (non-hydrogen) atoms. The minimum atomic E-state index is -2.19. The average molecular weight is 703 g/mol. The molecule has 4 N–H and O–H groups in total. The molecule has 14 heteroatoms. The molecule has 0 saturated carbocycles. The third kappa shape index (κ3) is 14.9. The Morgan fingerprint density at radius 1 is 0.640 bits per heavy atom. The van der Waals surface area contributed by atoms with Crippen molar-refractivity contribution < 1.29 is 39.1 Å². The van der Waals surface area contributed by atoms with Crippen molar-refractivity contribution in [3.63, 3.8) is 0 Å². The Hall–Kier alpha value is -3.98. The molecule has 0 spiro atoms. The van der Waals surface area contributed by atoms with E-state index in [4.69, 9.17) is 9.47 Å². The fraction of sp³-hybridized carbons (Fsp3) is 0.611. The summed E-state index contributed by atoms with van der Waals surface area (Å²) in [5, 5.41) is 49.6. The van der Waals surface area contributed by atoms with E-state index in [1.165, 1.54) is 24.3 Å². The summed E-state index contributed by atoms with van der Waals surface area (Å²) >= 11 is 0. The number of nitro groups is 2. The molecule has 2 rings (SSSR count). The molecule has 0 aliphatic carbocycles. The highest BCUT2D eigenvalue weighted by Gasteiger charge is 2.35. The molecule has 0 fully saturated rings. The number of ether oxygens (including phenoxy) is 2. The van der Waals surface area contributed by atoms with Gasteiger partial charge in [-0.2, -0.15) is 0 Å². The van der Waals surface area contributed by atoms with Crippen molar-refractivity contribution in [1.82, 2.24) is 10.6 Å². The number of rotatable bonds is 25. The second kappa shape index (κ2) is 22.7. The van der Waals surface area contributed by atoms with Gasteiger partial charge in [-0.15, -0.1) is 0 Å². The highest BCUT2D eigenvalue weighted by Crippen LogP contribution is 2.26. The summed E-state index contributed by atoms with van der Waals surface area (Å²) in [6.07, 6.45) is 1.33. The van der Waals surface area contributed by atoms with Crippen LogP contribution in [0.5, 0.6) is 0 Å². The minimum absolute atomic E-state index is 0.00757. The van der Waals surface area contributed by atoms with Gasteiger partial charge in [0.25, 0.3) is 11.4 Å². The van der Waals surface area contributed by atoms with Crippen LogP contribution in [0.15, 0.2) is 48.5 Å². The monoisotopic (exact) mass is 702 g/mol. The second-order valence-electron chi connectivity index (χ2n) is 12.7. The zero-order chi connectivity index (χ0) is 37.1. The Morgan fingerprint density at radius 2 is 0.980 bits per heavy atom. The molecule has 14 nitrogen and oxygen atoms in total. The Kier molecular flexibility index (Phi) is 19.1. The molecule has 2 aromatic rings. The zero-order valence-corrected chi connectivity index (χ0v) is 29.6. The Bertz CT molecular complexity index is 1220. The summed E-state index contributed by atoms with van der Waals surface area (Å²) in [6.45, 7) is 9.11. The molecule has 0 aromatic heterocycles. The summed E-state index contributed by atoms with van der Waals surface area (Å²) in [5.41, 5.74) is 1.74. The molecule has 0 heterocycles. The Balaban J connectivity index is 2.02. The summed E-state index contributed by atoms with van der Waals surface area (Å²) in [4.78, 5) is 47.0. The largest absolute Gasteiger partial charge is 0.445 e. The number of aliphatic hydroxyl groups excluding tert-OH is 2. The molecule has 0 bridgehead atoms.